The summed E-state index contributed by atoms with van der Waals surface area (Å²) in [5.74, 6) is 1.34. The summed E-state index contributed by atoms with van der Waals surface area (Å²) in [6, 6.07) is 7.08. The molecule has 24 heavy (non-hydrogen) atoms. The third-order valence-corrected chi connectivity index (χ3v) is 4.11. The first-order chi connectivity index (χ1) is 11.5. The summed E-state index contributed by atoms with van der Waals surface area (Å²) < 4.78 is 5.09. The molecule has 1 aliphatic heterocycles. The number of benzene rings is 1. The summed E-state index contributed by atoms with van der Waals surface area (Å²) in [7, 11) is 1.60. The average Bonchev–Trinajstić information content (AvgIpc) is 2.55. The summed E-state index contributed by atoms with van der Waals surface area (Å²) >= 11 is 0. The van der Waals surface area contributed by atoms with Crippen LogP contribution in [0, 0.1) is 5.92 Å². The van der Waals surface area contributed by atoms with Crippen LogP contribution in [0.15, 0.2) is 24.3 Å². The predicted molar refractivity (Wildman–Crippen MR) is 94.2 cm³/mol. The number of likely N-dealkylation sites (tertiary alicyclic amines) is 1. The van der Waals surface area contributed by atoms with Gasteiger partial charge in [0.25, 0.3) is 0 Å². The Hall–Kier alpha value is -2.24. The van der Waals surface area contributed by atoms with Gasteiger partial charge < -0.3 is 20.3 Å². The smallest absolute Gasteiger partial charge is 0.319 e. The molecule has 1 fully saturated rings. The lowest BCUT2D eigenvalue weighted by atomic mass is 10.0. The van der Waals surface area contributed by atoms with E-state index in [2.05, 4.69) is 24.5 Å². The van der Waals surface area contributed by atoms with Gasteiger partial charge in [0.1, 0.15) is 5.75 Å². The molecule has 0 radical (unpaired) electrons. The maximum atomic E-state index is 12.1. The zero-order valence-electron chi connectivity index (χ0n) is 14.7. The molecule has 1 heterocycles. The standard InChI is InChI=1S/C18H27N3O3/c1-13(2)12-17(22)21-10-8-15(9-11-21)20-18(23)19-14-4-6-16(24-3)7-5-14/h4-7,13,15H,8-12H2,1-3H3,(H2,19,20,23). The number of ether oxygens (including phenoxy) is 1. The predicted octanol–water partition coefficient (Wildman–Crippen LogP) is 2.85. The molecule has 1 aliphatic rings. The topological polar surface area (TPSA) is 70.7 Å². The number of piperidine rings is 1. The monoisotopic (exact) mass is 333 g/mol. The van der Waals surface area contributed by atoms with E-state index in [1.54, 1.807) is 31.4 Å². The van der Waals surface area contributed by atoms with Crippen molar-refractivity contribution in [1.29, 1.82) is 0 Å². The third kappa shape index (κ3) is 5.44. The highest BCUT2D eigenvalue weighted by Crippen LogP contribution is 2.16. The molecule has 2 N–H and O–H groups in total. The van der Waals surface area contributed by atoms with Gasteiger partial charge in [0, 0.05) is 31.2 Å². The molecule has 0 atom stereocenters. The third-order valence-electron chi connectivity index (χ3n) is 4.11. The Bertz CT molecular complexity index is 549. The van der Waals surface area contributed by atoms with Crippen molar-refractivity contribution in [3.8, 4) is 5.75 Å². The van der Waals surface area contributed by atoms with Crippen molar-refractivity contribution in [1.82, 2.24) is 10.2 Å². The van der Waals surface area contributed by atoms with E-state index in [9.17, 15) is 9.59 Å². The zero-order valence-corrected chi connectivity index (χ0v) is 14.7. The van der Waals surface area contributed by atoms with Crippen molar-refractivity contribution in [2.75, 3.05) is 25.5 Å². The highest BCUT2D eigenvalue weighted by atomic mass is 16.5. The summed E-state index contributed by atoms with van der Waals surface area (Å²) in [5.41, 5.74) is 0.720. The Morgan fingerprint density at radius 1 is 1.21 bits per heavy atom. The molecule has 0 spiro atoms. The molecule has 0 unspecified atom stereocenters. The fraction of sp³-hybridized carbons (Fsp3) is 0.556. The number of hydrogen-bond donors (Lipinski definition) is 2. The highest BCUT2D eigenvalue weighted by molar-refractivity contribution is 5.89. The first-order valence-corrected chi connectivity index (χ1v) is 8.47. The van der Waals surface area contributed by atoms with Crippen LogP contribution in [0.2, 0.25) is 0 Å². The number of nitrogens with one attached hydrogen (secondary N) is 2. The Labute approximate surface area is 143 Å². The molecular formula is C18H27N3O3. The van der Waals surface area contributed by atoms with E-state index in [-0.39, 0.29) is 18.0 Å². The van der Waals surface area contributed by atoms with Crippen LogP contribution in [0.1, 0.15) is 33.1 Å². The number of anilines is 1. The zero-order chi connectivity index (χ0) is 17.5. The van der Waals surface area contributed by atoms with Crippen molar-refractivity contribution in [3.63, 3.8) is 0 Å². The Morgan fingerprint density at radius 3 is 2.38 bits per heavy atom. The van der Waals surface area contributed by atoms with Gasteiger partial charge in [0.15, 0.2) is 0 Å². The van der Waals surface area contributed by atoms with Gasteiger partial charge in [0.2, 0.25) is 5.91 Å². The molecule has 0 aromatic heterocycles. The molecule has 132 valence electrons. The second-order valence-electron chi connectivity index (χ2n) is 6.58. The van der Waals surface area contributed by atoms with Crippen LogP contribution in [0.5, 0.6) is 5.75 Å². The average molecular weight is 333 g/mol. The van der Waals surface area contributed by atoms with Gasteiger partial charge in [-0.15, -0.1) is 0 Å². The van der Waals surface area contributed by atoms with Gasteiger partial charge in [-0.2, -0.15) is 0 Å². The number of urea groups is 1. The molecule has 0 aliphatic carbocycles. The molecule has 1 aromatic carbocycles. The first kappa shape index (κ1) is 18.1. The van der Waals surface area contributed by atoms with Gasteiger partial charge in [-0.3, -0.25) is 4.79 Å². The number of carbonyl (C=O) groups is 2. The van der Waals surface area contributed by atoms with E-state index in [1.165, 1.54) is 0 Å². The van der Waals surface area contributed by atoms with Crippen molar-refractivity contribution in [3.05, 3.63) is 24.3 Å². The second-order valence-corrected chi connectivity index (χ2v) is 6.58. The minimum Gasteiger partial charge on any atom is -0.497 e. The second kappa shape index (κ2) is 8.57. The number of carbonyl (C=O) groups excluding carboxylic acids is 2. The van der Waals surface area contributed by atoms with E-state index >= 15 is 0 Å². The number of rotatable bonds is 5. The Kier molecular flexibility index (Phi) is 6.46. The van der Waals surface area contributed by atoms with Crippen LogP contribution in [0.4, 0.5) is 10.5 Å². The number of amides is 3. The minimum absolute atomic E-state index is 0.103. The van der Waals surface area contributed by atoms with Crippen LogP contribution in [-0.2, 0) is 4.79 Å². The number of nitrogens with zero attached hydrogens (tertiary/aromatic N) is 1. The van der Waals surface area contributed by atoms with Crippen molar-refractivity contribution < 1.29 is 14.3 Å². The first-order valence-electron chi connectivity index (χ1n) is 8.47. The van der Waals surface area contributed by atoms with E-state index < -0.39 is 0 Å². The van der Waals surface area contributed by atoms with Gasteiger partial charge in [0.05, 0.1) is 7.11 Å². The quantitative estimate of drug-likeness (QED) is 0.870. The lowest BCUT2D eigenvalue weighted by Crippen LogP contribution is -2.47. The van der Waals surface area contributed by atoms with E-state index in [0.717, 1.165) is 24.3 Å². The maximum absolute atomic E-state index is 12.1. The van der Waals surface area contributed by atoms with Crippen LogP contribution >= 0.6 is 0 Å². The molecular weight excluding hydrogens is 306 g/mol. The fourth-order valence-corrected chi connectivity index (χ4v) is 2.78. The normalized spacial score (nSPS) is 15.2. The van der Waals surface area contributed by atoms with Gasteiger partial charge in [-0.05, 0) is 43.0 Å². The van der Waals surface area contributed by atoms with Crippen molar-refractivity contribution in [2.24, 2.45) is 5.92 Å². The largest absolute Gasteiger partial charge is 0.497 e. The minimum atomic E-state index is -0.216. The summed E-state index contributed by atoms with van der Waals surface area (Å²) in [5, 5.41) is 5.79. The molecule has 1 aromatic rings. The van der Waals surface area contributed by atoms with E-state index in [4.69, 9.17) is 4.74 Å². The van der Waals surface area contributed by atoms with Gasteiger partial charge in [-0.25, -0.2) is 4.79 Å². The molecule has 6 heteroatoms. The van der Waals surface area contributed by atoms with E-state index in [0.29, 0.717) is 25.4 Å². The van der Waals surface area contributed by atoms with Crippen LogP contribution in [0.25, 0.3) is 0 Å². The summed E-state index contributed by atoms with van der Waals surface area (Å²) in [6.07, 6.45) is 2.18. The van der Waals surface area contributed by atoms with Crippen LogP contribution < -0.4 is 15.4 Å². The summed E-state index contributed by atoms with van der Waals surface area (Å²) in [4.78, 5) is 26.0. The number of hydrogen-bond acceptors (Lipinski definition) is 3. The summed E-state index contributed by atoms with van der Waals surface area (Å²) in [6.45, 7) is 5.52. The van der Waals surface area contributed by atoms with Gasteiger partial charge >= 0.3 is 6.03 Å². The number of methoxy groups -OCH3 is 1. The Balaban J connectivity index is 1.74. The lowest BCUT2D eigenvalue weighted by molar-refractivity contribution is -0.133. The molecule has 6 nitrogen and oxygen atoms in total. The molecule has 0 bridgehead atoms. The molecule has 2 rings (SSSR count). The SMILES string of the molecule is COc1ccc(NC(=O)NC2CCN(C(=O)CC(C)C)CC2)cc1. The molecule has 0 saturated carbocycles. The van der Waals surface area contributed by atoms with Crippen molar-refractivity contribution >= 4 is 17.6 Å². The van der Waals surface area contributed by atoms with Crippen LogP contribution in [-0.4, -0.2) is 43.1 Å². The maximum Gasteiger partial charge on any atom is 0.319 e. The van der Waals surface area contributed by atoms with Gasteiger partial charge in [-0.1, -0.05) is 13.8 Å². The Morgan fingerprint density at radius 2 is 1.83 bits per heavy atom. The molecule has 1 saturated heterocycles. The lowest BCUT2D eigenvalue weighted by Gasteiger charge is -2.32. The van der Waals surface area contributed by atoms with E-state index in [1.807, 2.05) is 4.90 Å². The van der Waals surface area contributed by atoms with Crippen LogP contribution in [0.3, 0.4) is 0 Å². The fourth-order valence-electron chi connectivity index (χ4n) is 2.78. The molecule has 3 amide bonds. The van der Waals surface area contributed by atoms with Crippen molar-refractivity contribution in [2.45, 2.75) is 39.2 Å². The highest BCUT2D eigenvalue weighted by Gasteiger charge is 2.24.